The van der Waals surface area contributed by atoms with Gasteiger partial charge in [-0.25, -0.2) is 4.98 Å². The van der Waals surface area contributed by atoms with Crippen LogP contribution < -0.4 is 10.2 Å². The van der Waals surface area contributed by atoms with Gasteiger partial charge in [0.1, 0.15) is 5.82 Å². The maximum atomic E-state index is 12.6. The Kier molecular flexibility index (Phi) is 6.75. The SMILES string of the molecule is Cc1cncc(C(=O)Nc2cccc([C@H](C)Cc3cncc(N4CCN(C)CC4)n3)c2)c1. The summed E-state index contributed by atoms with van der Waals surface area (Å²) >= 11 is 0. The predicted molar refractivity (Wildman–Crippen MR) is 127 cm³/mol. The molecule has 1 saturated heterocycles. The summed E-state index contributed by atoms with van der Waals surface area (Å²) in [5.74, 6) is 1.04. The zero-order valence-corrected chi connectivity index (χ0v) is 19.0. The van der Waals surface area contributed by atoms with Crippen LogP contribution in [0.1, 0.15) is 40.0 Å². The van der Waals surface area contributed by atoms with Crippen molar-refractivity contribution < 1.29 is 4.79 Å². The Morgan fingerprint density at radius 2 is 1.84 bits per heavy atom. The minimum absolute atomic E-state index is 0.156. The van der Waals surface area contributed by atoms with Gasteiger partial charge in [0.15, 0.2) is 0 Å². The van der Waals surface area contributed by atoms with Gasteiger partial charge in [0.2, 0.25) is 0 Å². The van der Waals surface area contributed by atoms with E-state index in [1.54, 1.807) is 12.4 Å². The lowest BCUT2D eigenvalue weighted by Gasteiger charge is -2.33. The van der Waals surface area contributed by atoms with E-state index < -0.39 is 0 Å². The van der Waals surface area contributed by atoms with E-state index in [-0.39, 0.29) is 11.8 Å². The summed E-state index contributed by atoms with van der Waals surface area (Å²) in [6, 6.07) is 9.84. The number of nitrogens with zero attached hydrogens (tertiary/aromatic N) is 5. The van der Waals surface area contributed by atoms with Crippen molar-refractivity contribution in [3.8, 4) is 0 Å². The molecule has 7 nitrogen and oxygen atoms in total. The third kappa shape index (κ3) is 5.48. The summed E-state index contributed by atoms with van der Waals surface area (Å²) in [6.07, 6.45) is 7.82. The van der Waals surface area contributed by atoms with E-state index in [2.05, 4.69) is 45.1 Å². The van der Waals surface area contributed by atoms with Crippen molar-refractivity contribution in [2.45, 2.75) is 26.2 Å². The fourth-order valence-corrected chi connectivity index (χ4v) is 3.92. The highest BCUT2D eigenvalue weighted by molar-refractivity contribution is 6.04. The number of amides is 1. The molecule has 1 fully saturated rings. The van der Waals surface area contributed by atoms with Crippen molar-refractivity contribution in [1.29, 1.82) is 0 Å². The van der Waals surface area contributed by atoms with Crippen LogP contribution in [0.15, 0.2) is 55.1 Å². The second kappa shape index (κ2) is 9.87. The third-order valence-electron chi connectivity index (χ3n) is 5.87. The van der Waals surface area contributed by atoms with Gasteiger partial charge >= 0.3 is 0 Å². The van der Waals surface area contributed by atoms with Crippen LogP contribution in [0, 0.1) is 6.92 Å². The predicted octanol–water partition coefficient (Wildman–Crippen LogP) is 3.53. The molecule has 7 heteroatoms. The van der Waals surface area contributed by atoms with Crippen LogP contribution in [0.5, 0.6) is 0 Å². The van der Waals surface area contributed by atoms with Crippen molar-refractivity contribution in [3.05, 3.63) is 77.5 Å². The van der Waals surface area contributed by atoms with Crippen LogP contribution in [0.2, 0.25) is 0 Å². The molecule has 1 amide bonds. The normalized spacial score (nSPS) is 15.4. The van der Waals surface area contributed by atoms with Crippen LogP contribution >= 0.6 is 0 Å². The van der Waals surface area contributed by atoms with Gasteiger partial charge < -0.3 is 15.1 Å². The van der Waals surface area contributed by atoms with Crippen LogP contribution in [0.25, 0.3) is 0 Å². The molecule has 2 aromatic heterocycles. The van der Waals surface area contributed by atoms with Gasteiger partial charge in [0.05, 0.1) is 17.5 Å². The quantitative estimate of drug-likeness (QED) is 0.645. The summed E-state index contributed by atoms with van der Waals surface area (Å²) < 4.78 is 0. The number of hydrogen-bond donors (Lipinski definition) is 1. The second-order valence-electron chi connectivity index (χ2n) is 8.59. The Labute approximate surface area is 189 Å². The Balaban J connectivity index is 1.42. The number of nitrogens with one attached hydrogen (secondary N) is 1. The highest BCUT2D eigenvalue weighted by Crippen LogP contribution is 2.24. The van der Waals surface area contributed by atoms with Gasteiger partial charge in [0, 0.05) is 50.5 Å². The van der Waals surface area contributed by atoms with E-state index in [0.29, 0.717) is 5.56 Å². The first kappa shape index (κ1) is 21.9. The first-order chi connectivity index (χ1) is 15.5. The molecular weight excluding hydrogens is 400 g/mol. The van der Waals surface area contributed by atoms with Gasteiger partial charge in [-0.1, -0.05) is 19.1 Å². The van der Waals surface area contributed by atoms with Crippen molar-refractivity contribution in [3.63, 3.8) is 0 Å². The molecule has 0 radical (unpaired) electrons. The number of anilines is 2. The molecule has 0 spiro atoms. The Bertz CT molecular complexity index is 1080. The zero-order chi connectivity index (χ0) is 22.5. The lowest BCUT2D eigenvalue weighted by atomic mass is 9.96. The van der Waals surface area contributed by atoms with Crippen LogP contribution in [-0.2, 0) is 6.42 Å². The van der Waals surface area contributed by atoms with Crippen molar-refractivity contribution in [1.82, 2.24) is 19.9 Å². The molecule has 1 atom stereocenters. The van der Waals surface area contributed by atoms with E-state index >= 15 is 0 Å². The highest BCUT2D eigenvalue weighted by atomic mass is 16.1. The average Bonchev–Trinajstić information content (AvgIpc) is 2.80. The van der Waals surface area contributed by atoms with Crippen LogP contribution in [-0.4, -0.2) is 59.0 Å². The first-order valence-corrected chi connectivity index (χ1v) is 11.1. The summed E-state index contributed by atoms with van der Waals surface area (Å²) in [5, 5.41) is 2.98. The summed E-state index contributed by atoms with van der Waals surface area (Å²) in [4.78, 5) is 30.6. The lowest BCUT2D eigenvalue weighted by molar-refractivity contribution is 0.102. The number of hydrogen-bond acceptors (Lipinski definition) is 6. The van der Waals surface area contributed by atoms with E-state index in [9.17, 15) is 4.79 Å². The summed E-state index contributed by atoms with van der Waals surface area (Å²) in [6.45, 7) is 8.13. The van der Waals surface area contributed by atoms with Crippen molar-refractivity contribution in [2.24, 2.45) is 0 Å². The molecule has 32 heavy (non-hydrogen) atoms. The largest absolute Gasteiger partial charge is 0.353 e. The number of aryl methyl sites for hydroxylation is 1. The monoisotopic (exact) mass is 430 g/mol. The number of pyridine rings is 1. The maximum absolute atomic E-state index is 12.6. The van der Waals surface area contributed by atoms with Gasteiger partial charge in [-0.2, -0.15) is 0 Å². The zero-order valence-electron chi connectivity index (χ0n) is 19.0. The minimum atomic E-state index is -0.156. The summed E-state index contributed by atoms with van der Waals surface area (Å²) in [5.41, 5.74) is 4.42. The molecule has 0 saturated carbocycles. The van der Waals surface area contributed by atoms with Gasteiger partial charge in [-0.15, -0.1) is 0 Å². The van der Waals surface area contributed by atoms with Crippen molar-refractivity contribution in [2.75, 3.05) is 43.4 Å². The second-order valence-corrected chi connectivity index (χ2v) is 8.59. The molecule has 1 aliphatic rings. The summed E-state index contributed by atoms with van der Waals surface area (Å²) in [7, 11) is 2.15. The molecule has 1 aromatic carbocycles. The van der Waals surface area contributed by atoms with E-state index in [1.165, 1.54) is 0 Å². The number of likely N-dealkylation sites (N-methyl/N-ethyl adjacent to an activating group) is 1. The molecule has 1 aliphatic heterocycles. The third-order valence-corrected chi connectivity index (χ3v) is 5.87. The Morgan fingerprint density at radius 3 is 2.62 bits per heavy atom. The smallest absolute Gasteiger partial charge is 0.257 e. The molecular formula is C25H30N6O. The Morgan fingerprint density at radius 1 is 1.06 bits per heavy atom. The van der Waals surface area contributed by atoms with E-state index in [0.717, 1.165) is 60.9 Å². The Hall–Kier alpha value is -3.32. The number of aromatic nitrogens is 3. The number of benzene rings is 1. The molecule has 3 heterocycles. The molecule has 166 valence electrons. The van der Waals surface area contributed by atoms with Crippen LogP contribution in [0.4, 0.5) is 11.5 Å². The van der Waals surface area contributed by atoms with Crippen molar-refractivity contribution >= 4 is 17.4 Å². The minimum Gasteiger partial charge on any atom is -0.353 e. The fraction of sp³-hybridized carbons (Fsp3) is 0.360. The fourth-order valence-electron chi connectivity index (χ4n) is 3.92. The molecule has 0 aliphatic carbocycles. The molecule has 3 aromatic rings. The number of piperazine rings is 1. The molecule has 0 bridgehead atoms. The number of carbonyl (C=O) groups is 1. The highest BCUT2D eigenvalue weighted by Gasteiger charge is 2.17. The van der Waals surface area contributed by atoms with Crippen LogP contribution in [0.3, 0.4) is 0 Å². The topological polar surface area (TPSA) is 74.2 Å². The lowest BCUT2D eigenvalue weighted by Crippen LogP contribution is -2.44. The van der Waals surface area contributed by atoms with E-state index in [4.69, 9.17) is 4.98 Å². The molecule has 1 N–H and O–H groups in total. The standard InChI is InChI=1S/C25H30N6O/c1-18-11-21(15-26-14-18)25(32)29-22-6-4-5-20(13-22)19(2)12-23-16-27-17-24(28-23)31-9-7-30(3)8-10-31/h4-6,11,13-17,19H,7-10,12H2,1-3H3,(H,29,32)/t19-/m1/s1. The molecule has 0 unspecified atom stereocenters. The average molecular weight is 431 g/mol. The first-order valence-electron chi connectivity index (χ1n) is 11.1. The van der Waals surface area contributed by atoms with Gasteiger partial charge in [0.25, 0.3) is 5.91 Å². The number of carbonyl (C=O) groups excluding carboxylic acids is 1. The van der Waals surface area contributed by atoms with E-state index in [1.807, 2.05) is 43.6 Å². The van der Waals surface area contributed by atoms with Gasteiger partial charge in [-0.3, -0.25) is 14.8 Å². The number of rotatable bonds is 6. The maximum Gasteiger partial charge on any atom is 0.257 e. The molecule has 4 rings (SSSR count). The van der Waals surface area contributed by atoms with Gasteiger partial charge in [-0.05, 0) is 55.6 Å².